The molecule has 1 rings (SSSR count). The quantitative estimate of drug-likeness (QED) is 0.554. The lowest BCUT2D eigenvalue weighted by molar-refractivity contribution is -0.133. The average molecular weight is 244 g/mol. The third kappa shape index (κ3) is 4.67. The van der Waals surface area contributed by atoms with E-state index in [0.29, 0.717) is 0 Å². The van der Waals surface area contributed by atoms with Gasteiger partial charge in [0.2, 0.25) is 0 Å². The monoisotopic (exact) mass is 244 g/mol. The number of carbonyl (C=O) groups is 1. The number of ether oxygens (including phenoxy) is 1. The van der Waals surface area contributed by atoms with E-state index in [1.54, 1.807) is 6.20 Å². The zero-order valence-corrected chi connectivity index (χ0v) is 10.1. The summed E-state index contributed by atoms with van der Waals surface area (Å²) in [4.78, 5) is 14.5. The summed E-state index contributed by atoms with van der Waals surface area (Å²) >= 11 is 1.24. The number of imidazole rings is 1. The van der Waals surface area contributed by atoms with Crippen LogP contribution in [-0.4, -0.2) is 39.6 Å². The maximum Gasteiger partial charge on any atom is 0.313 e. The van der Waals surface area contributed by atoms with Crippen LogP contribution >= 0.6 is 11.8 Å². The van der Waals surface area contributed by atoms with Gasteiger partial charge in [-0.3, -0.25) is 4.79 Å². The first kappa shape index (κ1) is 13.1. The molecule has 0 radical (unpaired) electrons. The second kappa shape index (κ2) is 7.29. The minimum Gasteiger partial charge on any atom is -0.481 e. The highest BCUT2D eigenvalue weighted by molar-refractivity contribution is 7.99. The SMILES string of the molecule is CCOCCCn1ccnc1SCC(=O)O. The molecule has 1 aromatic rings. The zero-order chi connectivity index (χ0) is 11.8. The van der Waals surface area contributed by atoms with Crippen molar-refractivity contribution in [3.8, 4) is 0 Å². The van der Waals surface area contributed by atoms with Gasteiger partial charge >= 0.3 is 5.97 Å². The predicted molar refractivity (Wildman–Crippen MR) is 61.7 cm³/mol. The fourth-order valence-corrected chi connectivity index (χ4v) is 1.92. The van der Waals surface area contributed by atoms with E-state index in [2.05, 4.69) is 4.98 Å². The first-order valence-corrected chi connectivity index (χ1v) is 6.16. The molecular weight excluding hydrogens is 228 g/mol. The van der Waals surface area contributed by atoms with Crippen molar-refractivity contribution in [2.75, 3.05) is 19.0 Å². The second-order valence-electron chi connectivity index (χ2n) is 3.14. The van der Waals surface area contributed by atoms with Crippen LogP contribution in [0.5, 0.6) is 0 Å². The van der Waals surface area contributed by atoms with E-state index in [-0.39, 0.29) is 5.75 Å². The molecule has 0 amide bonds. The first-order valence-electron chi connectivity index (χ1n) is 5.17. The summed E-state index contributed by atoms with van der Waals surface area (Å²) in [6.45, 7) is 4.22. The molecule has 0 spiro atoms. The second-order valence-corrected chi connectivity index (χ2v) is 4.08. The highest BCUT2D eigenvalue weighted by Gasteiger charge is 2.05. The van der Waals surface area contributed by atoms with Crippen LogP contribution in [-0.2, 0) is 16.1 Å². The van der Waals surface area contributed by atoms with Crippen LogP contribution in [0.25, 0.3) is 0 Å². The summed E-state index contributed by atoms with van der Waals surface area (Å²) in [5.74, 6) is -0.781. The third-order valence-electron chi connectivity index (χ3n) is 1.89. The van der Waals surface area contributed by atoms with Crippen LogP contribution in [0, 0.1) is 0 Å². The largest absolute Gasteiger partial charge is 0.481 e. The maximum atomic E-state index is 10.4. The van der Waals surface area contributed by atoms with Gasteiger partial charge in [0.15, 0.2) is 5.16 Å². The molecule has 0 unspecified atom stereocenters. The zero-order valence-electron chi connectivity index (χ0n) is 9.26. The smallest absolute Gasteiger partial charge is 0.313 e. The summed E-state index contributed by atoms with van der Waals surface area (Å²) in [6.07, 6.45) is 4.45. The molecule has 0 fully saturated rings. The van der Waals surface area contributed by atoms with E-state index >= 15 is 0 Å². The predicted octanol–water partition coefficient (Wildman–Crippen LogP) is 1.49. The molecule has 90 valence electrons. The minimum atomic E-state index is -0.825. The molecule has 0 saturated heterocycles. The van der Waals surface area contributed by atoms with Crippen LogP contribution < -0.4 is 0 Å². The van der Waals surface area contributed by atoms with E-state index in [1.807, 2.05) is 17.7 Å². The number of aliphatic carboxylic acids is 1. The Bertz CT molecular complexity index is 328. The van der Waals surface area contributed by atoms with Crippen LogP contribution in [0.15, 0.2) is 17.6 Å². The Kier molecular flexibility index (Phi) is 5.95. The van der Waals surface area contributed by atoms with Crippen molar-refractivity contribution < 1.29 is 14.6 Å². The standard InChI is InChI=1S/C10H16N2O3S/c1-2-15-7-3-5-12-6-4-11-10(12)16-8-9(13)14/h4,6H,2-3,5,7-8H2,1H3,(H,13,14). The van der Waals surface area contributed by atoms with Crippen molar-refractivity contribution in [2.24, 2.45) is 0 Å². The molecule has 0 atom stereocenters. The molecule has 1 heterocycles. The molecule has 0 bridgehead atoms. The van der Waals surface area contributed by atoms with Gasteiger partial charge in [0.25, 0.3) is 0 Å². The number of aryl methyl sites for hydroxylation is 1. The summed E-state index contributed by atoms with van der Waals surface area (Å²) < 4.78 is 7.19. The Balaban J connectivity index is 2.35. The highest BCUT2D eigenvalue weighted by Crippen LogP contribution is 2.15. The summed E-state index contributed by atoms with van der Waals surface area (Å²) in [5, 5.41) is 9.32. The van der Waals surface area contributed by atoms with Gasteiger partial charge in [-0.2, -0.15) is 0 Å². The van der Waals surface area contributed by atoms with Crippen LogP contribution in [0.2, 0.25) is 0 Å². The number of carboxylic acid groups (broad SMARTS) is 1. The number of rotatable bonds is 8. The minimum absolute atomic E-state index is 0.0441. The van der Waals surface area contributed by atoms with E-state index < -0.39 is 5.97 Å². The lowest BCUT2D eigenvalue weighted by atomic mass is 10.4. The third-order valence-corrected chi connectivity index (χ3v) is 2.88. The first-order chi connectivity index (χ1) is 7.74. The molecule has 0 aromatic carbocycles. The van der Waals surface area contributed by atoms with Crippen molar-refractivity contribution in [3.05, 3.63) is 12.4 Å². The lowest BCUT2D eigenvalue weighted by Crippen LogP contribution is -2.05. The van der Waals surface area contributed by atoms with Gasteiger partial charge in [0, 0.05) is 32.2 Å². The van der Waals surface area contributed by atoms with Gasteiger partial charge in [0.1, 0.15) is 0 Å². The number of nitrogens with zero attached hydrogens (tertiary/aromatic N) is 2. The van der Waals surface area contributed by atoms with Gasteiger partial charge in [-0.1, -0.05) is 11.8 Å². The van der Waals surface area contributed by atoms with E-state index in [4.69, 9.17) is 9.84 Å². The Morgan fingerprint density at radius 3 is 3.19 bits per heavy atom. The van der Waals surface area contributed by atoms with Gasteiger partial charge in [0.05, 0.1) is 5.75 Å². The Morgan fingerprint density at radius 2 is 2.50 bits per heavy atom. The van der Waals surface area contributed by atoms with E-state index in [1.165, 1.54) is 11.8 Å². The van der Waals surface area contributed by atoms with Gasteiger partial charge in [-0.05, 0) is 13.3 Å². The van der Waals surface area contributed by atoms with Crippen LogP contribution in [0.4, 0.5) is 0 Å². The molecule has 0 aliphatic carbocycles. The molecule has 0 saturated carbocycles. The fourth-order valence-electron chi connectivity index (χ4n) is 1.21. The fraction of sp³-hybridized carbons (Fsp3) is 0.600. The number of aromatic nitrogens is 2. The van der Waals surface area contributed by atoms with Crippen LogP contribution in [0.3, 0.4) is 0 Å². The Morgan fingerprint density at radius 1 is 1.69 bits per heavy atom. The van der Waals surface area contributed by atoms with Crippen molar-refractivity contribution in [3.63, 3.8) is 0 Å². The molecule has 0 aliphatic rings. The van der Waals surface area contributed by atoms with Gasteiger partial charge < -0.3 is 14.4 Å². The number of thioether (sulfide) groups is 1. The highest BCUT2D eigenvalue weighted by atomic mass is 32.2. The van der Waals surface area contributed by atoms with Crippen molar-refractivity contribution in [1.82, 2.24) is 9.55 Å². The lowest BCUT2D eigenvalue weighted by Gasteiger charge is -2.06. The van der Waals surface area contributed by atoms with Gasteiger partial charge in [-0.25, -0.2) is 4.98 Å². The van der Waals surface area contributed by atoms with E-state index in [9.17, 15) is 4.79 Å². The Labute approximate surface area is 98.8 Å². The number of hydrogen-bond acceptors (Lipinski definition) is 4. The Hall–Kier alpha value is -1.01. The van der Waals surface area contributed by atoms with Crippen molar-refractivity contribution in [1.29, 1.82) is 0 Å². The van der Waals surface area contributed by atoms with Crippen molar-refractivity contribution in [2.45, 2.75) is 25.0 Å². The molecule has 5 nitrogen and oxygen atoms in total. The van der Waals surface area contributed by atoms with Crippen molar-refractivity contribution >= 4 is 17.7 Å². The summed E-state index contributed by atoms with van der Waals surface area (Å²) in [7, 11) is 0. The molecule has 1 N–H and O–H groups in total. The van der Waals surface area contributed by atoms with Crippen LogP contribution in [0.1, 0.15) is 13.3 Å². The normalized spacial score (nSPS) is 10.6. The summed E-state index contributed by atoms with van der Waals surface area (Å²) in [6, 6.07) is 0. The number of carboxylic acids is 1. The maximum absolute atomic E-state index is 10.4. The van der Waals surface area contributed by atoms with E-state index in [0.717, 1.165) is 31.3 Å². The number of hydrogen-bond donors (Lipinski definition) is 1. The molecular formula is C10H16N2O3S. The molecule has 0 aliphatic heterocycles. The molecule has 16 heavy (non-hydrogen) atoms. The molecule has 1 aromatic heterocycles. The summed E-state index contributed by atoms with van der Waals surface area (Å²) in [5.41, 5.74) is 0. The topological polar surface area (TPSA) is 64.4 Å². The molecule has 6 heteroatoms. The van der Waals surface area contributed by atoms with Gasteiger partial charge in [-0.15, -0.1) is 0 Å². The average Bonchev–Trinajstić information content (AvgIpc) is 2.69.